The van der Waals surface area contributed by atoms with E-state index < -0.39 is 12.4 Å². The molecule has 2 bridgehead atoms. The lowest BCUT2D eigenvalue weighted by atomic mass is 9.85. The summed E-state index contributed by atoms with van der Waals surface area (Å²) in [7, 11) is 1.83. The molecular formula is C26H27FN7O3+. The van der Waals surface area contributed by atoms with Crippen molar-refractivity contribution >= 4 is 28.9 Å². The number of aromatic nitrogens is 4. The number of carbonyl (C=O) groups is 2. The first-order chi connectivity index (χ1) is 17.8. The summed E-state index contributed by atoms with van der Waals surface area (Å²) in [6.45, 7) is 0.940. The molecule has 0 radical (unpaired) electrons. The van der Waals surface area contributed by atoms with Gasteiger partial charge in [-0.2, -0.15) is 14.2 Å². The number of piperidine rings is 1. The van der Waals surface area contributed by atoms with Crippen molar-refractivity contribution < 1.29 is 23.7 Å². The van der Waals surface area contributed by atoms with Gasteiger partial charge in [-0.15, -0.1) is 0 Å². The highest BCUT2D eigenvalue weighted by molar-refractivity contribution is 6.06. The summed E-state index contributed by atoms with van der Waals surface area (Å²) < 4.78 is 18.2. The number of amides is 1. The molecule has 1 amide bonds. The largest absolute Gasteiger partial charge is 0.387 e. The lowest BCUT2D eigenvalue weighted by Gasteiger charge is -2.39. The van der Waals surface area contributed by atoms with Gasteiger partial charge >= 0.3 is 0 Å². The number of anilines is 1. The fraction of sp³-hybridized carbons (Fsp3) is 0.385. The van der Waals surface area contributed by atoms with Crippen molar-refractivity contribution in [3.8, 4) is 11.1 Å². The molecule has 37 heavy (non-hydrogen) atoms. The first-order valence-corrected chi connectivity index (χ1v) is 12.3. The number of nitrogens with two attached hydrogens (primary N) is 1. The van der Waals surface area contributed by atoms with Crippen LogP contribution in [0.2, 0.25) is 0 Å². The first kappa shape index (κ1) is 23.4. The van der Waals surface area contributed by atoms with Crippen LogP contribution in [0, 0.1) is 5.82 Å². The molecular weight excluding hydrogens is 477 g/mol. The molecule has 6 rings (SSSR count). The molecule has 11 heteroatoms. The molecule has 0 spiro atoms. The third kappa shape index (κ3) is 3.56. The Morgan fingerprint density at radius 1 is 1.24 bits per heavy atom. The second-order valence-corrected chi connectivity index (χ2v) is 9.99. The average molecular weight is 505 g/mol. The summed E-state index contributed by atoms with van der Waals surface area (Å²) in [6, 6.07) is 1.37. The van der Waals surface area contributed by atoms with Crippen molar-refractivity contribution in [2.45, 2.75) is 50.6 Å². The number of nitrogens with zero attached hydrogens (tertiary/aromatic N) is 6. The highest BCUT2D eigenvalue weighted by atomic mass is 19.1. The Morgan fingerprint density at radius 2 is 1.97 bits per heavy atom. The molecule has 10 nitrogen and oxygen atoms in total. The number of nitrogen functional groups attached to an aromatic ring is 1. The smallest absolute Gasteiger partial charge is 0.248 e. The summed E-state index contributed by atoms with van der Waals surface area (Å²) in [5.41, 5.74) is 9.80. The number of rotatable bonds is 5. The van der Waals surface area contributed by atoms with Crippen LogP contribution < -0.4 is 5.73 Å². The Kier molecular flexibility index (Phi) is 5.41. The Bertz CT molecular complexity index is 1530. The molecule has 6 heterocycles. The monoisotopic (exact) mass is 504 g/mol. The van der Waals surface area contributed by atoms with Crippen molar-refractivity contribution in [3.63, 3.8) is 0 Å². The number of fused-ring (bicyclic) bond motifs is 3. The highest BCUT2D eigenvalue weighted by Crippen LogP contribution is 2.44. The van der Waals surface area contributed by atoms with E-state index >= 15 is 4.39 Å². The zero-order valence-corrected chi connectivity index (χ0v) is 20.6. The molecule has 3 aliphatic rings. The molecule has 3 aliphatic heterocycles. The molecule has 3 N–H and O–H groups in total. The number of hydrogen-bond donors (Lipinski definition) is 2. The summed E-state index contributed by atoms with van der Waals surface area (Å²) >= 11 is 0. The standard InChI is InChI=1S/C26H26FN7O3/c1-13(36)22-23(14-7-16-3-4-17(8-14)33(16)21(37)12-35)31-26-18(11-30-34(26)25(22)28)15-9-19(27)24(29-10-15)20-5-6-32(20)2/h5-6,9-11,14,16-17,28,35H,3-4,7-8,12H2,1-2H3/p+1. The zero-order valence-electron chi connectivity index (χ0n) is 20.6. The summed E-state index contributed by atoms with van der Waals surface area (Å²) in [6.07, 6.45) is 9.70. The Morgan fingerprint density at radius 3 is 2.54 bits per heavy atom. The Balaban J connectivity index is 1.43. The van der Waals surface area contributed by atoms with Crippen molar-refractivity contribution in [1.29, 1.82) is 0 Å². The van der Waals surface area contributed by atoms with E-state index in [1.165, 1.54) is 17.5 Å². The molecule has 2 atom stereocenters. The van der Waals surface area contributed by atoms with Gasteiger partial charge in [-0.05, 0) is 38.7 Å². The number of ketones is 1. The number of hydrogen-bond acceptors (Lipinski definition) is 7. The molecule has 3 aromatic rings. The van der Waals surface area contributed by atoms with Gasteiger partial charge in [0, 0.05) is 35.3 Å². The van der Waals surface area contributed by atoms with Crippen LogP contribution in [-0.2, 0) is 4.79 Å². The Labute approximate surface area is 211 Å². The summed E-state index contributed by atoms with van der Waals surface area (Å²) in [5, 5.41) is 13.8. The second kappa shape index (κ2) is 8.55. The third-order valence-corrected chi connectivity index (χ3v) is 7.84. The fourth-order valence-electron chi connectivity index (χ4n) is 6.10. The summed E-state index contributed by atoms with van der Waals surface area (Å²) in [5.74, 6) is -0.856. The van der Waals surface area contributed by atoms with Gasteiger partial charge in [0.1, 0.15) is 19.5 Å². The van der Waals surface area contributed by atoms with Crippen LogP contribution in [0.4, 0.5) is 10.2 Å². The maximum atomic E-state index is 15.0. The molecule has 2 unspecified atom stereocenters. The van der Waals surface area contributed by atoms with Gasteiger partial charge in [-0.25, -0.2) is 14.4 Å². The lowest BCUT2D eigenvalue weighted by molar-refractivity contribution is -0.431. The number of allylic oxidation sites excluding steroid dienone is 1. The van der Waals surface area contributed by atoms with Crippen molar-refractivity contribution in [3.05, 3.63) is 53.5 Å². The van der Waals surface area contributed by atoms with E-state index in [2.05, 4.69) is 10.1 Å². The van der Waals surface area contributed by atoms with Crippen molar-refractivity contribution in [2.75, 3.05) is 19.4 Å². The van der Waals surface area contributed by atoms with Crippen LogP contribution >= 0.6 is 0 Å². The van der Waals surface area contributed by atoms with Gasteiger partial charge in [0.05, 0.1) is 23.5 Å². The molecule has 2 fully saturated rings. The molecule has 0 aliphatic carbocycles. The number of aliphatic hydroxyl groups is 1. The van der Waals surface area contributed by atoms with Crippen LogP contribution in [0.5, 0.6) is 0 Å². The minimum Gasteiger partial charge on any atom is -0.387 e. The highest BCUT2D eigenvalue weighted by Gasteiger charge is 2.44. The predicted octanol–water partition coefficient (Wildman–Crippen LogP) is 1.90. The lowest BCUT2D eigenvalue weighted by Crippen LogP contribution is -2.47. The SMILES string of the molecule is CC(=O)c1c(C2CC3CCC(C2)N3C(=O)CO)nc2c(-c3cnc(C4=[N+](C)C=C4)c(F)c3)cnn2c1N. The fourth-order valence-corrected chi connectivity index (χ4v) is 6.10. The van der Waals surface area contributed by atoms with Crippen molar-refractivity contribution in [1.82, 2.24) is 24.5 Å². The van der Waals surface area contributed by atoms with Gasteiger partial charge in [0.15, 0.2) is 29.1 Å². The van der Waals surface area contributed by atoms with Crippen LogP contribution in [0.25, 0.3) is 16.8 Å². The number of halogens is 1. The van der Waals surface area contributed by atoms with Gasteiger partial charge < -0.3 is 15.7 Å². The topological polar surface area (TPSA) is 130 Å². The molecule has 0 saturated carbocycles. The van der Waals surface area contributed by atoms with E-state index in [0.717, 1.165) is 12.8 Å². The van der Waals surface area contributed by atoms with E-state index in [1.807, 2.05) is 13.2 Å². The minimum absolute atomic E-state index is 0.0196. The molecule has 2 saturated heterocycles. The number of Topliss-reactive ketones (excluding diaryl/α,β-unsaturated/α-hetero) is 1. The van der Waals surface area contributed by atoms with Crippen LogP contribution in [-0.4, -0.2) is 77.3 Å². The molecule has 3 aromatic heterocycles. The van der Waals surface area contributed by atoms with Gasteiger partial charge in [-0.3, -0.25) is 9.59 Å². The van der Waals surface area contributed by atoms with Crippen LogP contribution in [0.3, 0.4) is 0 Å². The zero-order chi connectivity index (χ0) is 26.0. The van der Waals surface area contributed by atoms with E-state index in [9.17, 15) is 14.7 Å². The normalized spacial score (nSPS) is 22.6. The number of carbonyl (C=O) groups excluding carboxylic acids is 2. The quantitative estimate of drug-likeness (QED) is 0.401. The number of pyridine rings is 1. The van der Waals surface area contributed by atoms with Gasteiger partial charge in [0.25, 0.3) is 0 Å². The first-order valence-electron chi connectivity index (χ1n) is 12.3. The van der Waals surface area contributed by atoms with Crippen LogP contribution in [0.15, 0.2) is 30.7 Å². The van der Waals surface area contributed by atoms with E-state index in [4.69, 9.17) is 10.7 Å². The predicted molar refractivity (Wildman–Crippen MR) is 133 cm³/mol. The van der Waals surface area contributed by atoms with E-state index in [-0.39, 0.29) is 41.2 Å². The van der Waals surface area contributed by atoms with Crippen molar-refractivity contribution in [2.24, 2.45) is 0 Å². The van der Waals surface area contributed by atoms with Gasteiger partial charge in [0.2, 0.25) is 11.6 Å². The molecule has 0 aromatic carbocycles. The minimum atomic E-state index is -0.512. The average Bonchev–Trinajstić information content (AvgIpc) is 3.41. The maximum absolute atomic E-state index is 15.0. The Hall–Kier alpha value is -3.99. The van der Waals surface area contributed by atoms with E-state index in [0.29, 0.717) is 46.6 Å². The van der Waals surface area contributed by atoms with Crippen LogP contribution in [0.1, 0.15) is 60.3 Å². The summed E-state index contributed by atoms with van der Waals surface area (Å²) in [4.78, 5) is 36.1. The maximum Gasteiger partial charge on any atom is 0.248 e. The third-order valence-electron chi connectivity index (χ3n) is 7.84. The number of aliphatic hydroxyl groups excluding tert-OH is 1. The van der Waals surface area contributed by atoms with E-state index in [1.54, 1.807) is 27.9 Å². The molecule has 190 valence electrons. The van der Waals surface area contributed by atoms with Gasteiger partial charge in [-0.1, -0.05) is 0 Å². The second-order valence-electron chi connectivity index (χ2n) is 9.99.